The van der Waals surface area contributed by atoms with Gasteiger partial charge in [0.25, 0.3) is 0 Å². The Bertz CT molecular complexity index is 858. The van der Waals surface area contributed by atoms with Crippen molar-refractivity contribution in [2.45, 2.75) is 43.7 Å². The molecule has 5 heteroatoms. The van der Waals surface area contributed by atoms with Gasteiger partial charge in [0, 0.05) is 11.4 Å². The first kappa shape index (κ1) is 16.9. The second-order valence-corrected chi connectivity index (χ2v) is 8.32. The highest BCUT2D eigenvalue weighted by Crippen LogP contribution is 2.39. The van der Waals surface area contributed by atoms with Crippen molar-refractivity contribution in [1.82, 2.24) is 9.97 Å². The summed E-state index contributed by atoms with van der Waals surface area (Å²) in [6.07, 6.45) is 9.23. The van der Waals surface area contributed by atoms with Crippen molar-refractivity contribution in [1.29, 1.82) is 0 Å². The minimum absolute atomic E-state index is 0.872. The molecule has 0 bridgehead atoms. The number of fused-ring (bicyclic) bond motifs is 3. The smallest absolute Gasteiger partial charge is 0.190 e. The van der Waals surface area contributed by atoms with Gasteiger partial charge in [-0.05, 0) is 55.9 Å². The maximum Gasteiger partial charge on any atom is 0.190 e. The minimum Gasteiger partial charge on any atom is -0.369 e. The zero-order chi connectivity index (χ0) is 17.1. The van der Waals surface area contributed by atoms with Crippen LogP contribution in [-0.4, -0.2) is 22.8 Å². The van der Waals surface area contributed by atoms with Gasteiger partial charge >= 0.3 is 0 Å². The third kappa shape index (κ3) is 3.67. The summed E-state index contributed by atoms with van der Waals surface area (Å²) < 4.78 is 0. The Balaban J connectivity index is 1.54. The van der Waals surface area contributed by atoms with E-state index in [1.807, 2.05) is 17.6 Å². The first-order valence-corrected chi connectivity index (χ1v) is 11.0. The van der Waals surface area contributed by atoms with Crippen molar-refractivity contribution in [3.05, 3.63) is 46.3 Å². The van der Waals surface area contributed by atoms with Crippen LogP contribution in [0.2, 0.25) is 0 Å². The van der Waals surface area contributed by atoms with E-state index in [-0.39, 0.29) is 0 Å². The third-order valence-corrected chi connectivity index (χ3v) is 6.49. The summed E-state index contributed by atoms with van der Waals surface area (Å²) in [4.78, 5) is 12.2. The molecule has 130 valence electrons. The van der Waals surface area contributed by atoms with Crippen molar-refractivity contribution in [2.24, 2.45) is 0 Å². The lowest BCUT2D eigenvalue weighted by molar-refractivity contribution is 0.700. The number of rotatable bonds is 6. The number of thioether (sulfide) groups is 1. The molecule has 4 rings (SSSR count). The zero-order valence-corrected chi connectivity index (χ0v) is 16.2. The Kier molecular flexibility index (Phi) is 5.22. The van der Waals surface area contributed by atoms with Gasteiger partial charge in [0.05, 0.1) is 5.39 Å². The molecule has 0 aliphatic heterocycles. The summed E-state index contributed by atoms with van der Waals surface area (Å²) in [7, 11) is 0. The highest BCUT2D eigenvalue weighted by atomic mass is 32.2. The third-order valence-electron chi connectivity index (χ3n) is 4.75. The standard InChI is InChI=1S/C20H23N3S2/c1-24-20-22-18(21-13-7-10-14-8-3-2-4-9-14)17-15-11-5-6-12-16(15)25-19(17)23-20/h2-4,8-9H,5-7,10-13H2,1H3,(H,21,22,23). The minimum atomic E-state index is 0.872. The van der Waals surface area contributed by atoms with Crippen molar-refractivity contribution < 1.29 is 0 Å². The second-order valence-electron chi connectivity index (χ2n) is 6.47. The van der Waals surface area contributed by atoms with Crippen LogP contribution in [-0.2, 0) is 19.3 Å². The van der Waals surface area contributed by atoms with Gasteiger partial charge in [0.1, 0.15) is 10.6 Å². The molecule has 0 radical (unpaired) electrons. The average molecular weight is 370 g/mol. The highest BCUT2D eigenvalue weighted by Gasteiger charge is 2.20. The lowest BCUT2D eigenvalue weighted by atomic mass is 9.97. The Morgan fingerprint density at radius 1 is 1.12 bits per heavy atom. The lowest BCUT2D eigenvalue weighted by Crippen LogP contribution is -2.07. The summed E-state index contributed by atoms with van der Waals surface area (Å²) >= 11 is 3.50. The van der Waals surface area contributed by atoms with Crippen LogP contribution in [0.4, 0.5) is 5.82 Å². The molecular formula is C20H23N3S2. The summed E-state index contributed by atoms with van der Waals surface area (Å²) in [6, 6.07) is 10.7. The van der Waals surface area contributed by atoms with Gasteiger partial charge in [-0.1, -0.05) is 42.1 Å². The average Bonchev–Trinajstić information content (AvgIpc) is 3.04. The number of nitrogens with zero attached hydrogens (tertiary/aromatic N) is 2. The maximum absolute atomic E-state index is 4.79. The molecule has 1 N–H and O–H groups in total. The van der Waals surface area contributed by atoms with E-state index in [1.165, 1.54) is 47.1 Å². The van der Waals surface area contributed by atoms with Crippen molar-refractivity contribution in [3.63, 3.8) is 0 Å². The molecule has 0 unspecified atom stereocenters. The van der Waals surface area contributed by atoms with Crippen molar-refractivity contribution in [2.75, 3.05) is 18.1 Å². The van der Waals surface area contributed by atoms with Crippen LogP contribution in [0.3, 0.4) is 0 Å². The quantitative estimate of drug-likeness (QED) is 0.362. The molecule has 0 saturated carbocycles. The van der Waals surface area contributed by atoms with E-state index >= 15 is 0 Å². The molecule has 1 aliphatic carbocycles. The predicted octanol–water partition coefficient (Wildman–Crippen LogP) is 5.34. The van der Waals surface area contributed by atoms with E-state index < -0.39 is 0 Å². The number of nitrogens with one attached hydrogen (secondary N) is 1. The molecule has 1 aliphatic rings. The number of hydrogen-bond donors (Lipinski definition) is 1. The number of anilines is 1. The van der Waals surface area contributed by atoms with E-state index in [2.05, 4.69) is 35.6 Å². The van der Waals surface area contributed by atoms with Crippen molar-refractivity contribution in [3.8, 4) is 0 Å². The number of aryl methyl sites for hydroxylation is 3. The summed E-state index contributed by atoms with van der Waals surface area (Å²) in [6.45, 7) is 0.944. The van der Waals surface area contributed by atoms with E-state index in [0.717, 1.165) is 35.2 Å². The van der Waals surface area contributed by atoms with Gasteiger partial charge < -0.3 is 5.32 Å². The van der Waals surface area contributed by atoms with Crippen LogP contribution in [0.5, 0.6) is 0 Å². The molecule has 2 heterocycles. The summed E-state index contributed by atoms with van der Waals surface area (Å²) in [5.74, 6) is 1.04. The first-order chi connectivity index (χ1) is 12.3. The zero-order valence-electron chi connectivity index (χ0n) is 14.5. The molecular weight excluding hydrogens is 346 g/mol. The number of benzene rings is 1. The highest BCUT2D eigenvalue weighted by molar-refractivity contribution is 7.98. The molecule has 3 aromatic rings. The molecule has 0 amide bonds. The molecule has 3 nitrogen and oxygen atoms in total. The fourth-order valence-electron chi connectivity index (χ4n) is 3.50. The van der Waals surface area contributed by atoms with E-state index in [1.54, 1.807) is 11.8 Å². The number of aromatic nitrogens is 2. The van der Waals surface area contributed by atoms with Crippen LogP contribution >= 0.6 is 23.1 Å². The monoisotopic (exact) mass is 369 g/mol. The van der Waals surface area contributed by atoms with Gasteiger partial charge in [-0.15, -0.1) is 11.3 Å². The summed E-state index contributed by atoms with van der Waals surface area (Å²) in [5.41, 5.74) is 2.90. The number of thiophene rings is 1. The number of hydrogen-bond acceptors (Lipinski definition) is 5. The molecule has 0 atom stereocenters. The maximum atomic E-state index is 4.79. The lowest BCUT2D eigenvalue weighted by Gasteiger charge is -2.13. The van der Waals surface area contributed by atoms with Crippen LogP contribution in [0, 0.1) is 0 Å². The Morgan fingerprint density at radius 2 is 1.96 bits per heavy atom. The van der Waals surface area contributed by atoms with Gasteiger partial charge in [-0.2, -0.15) is 0 Å². The van der Waals surface area contributed by atoms with Gasteiger partial charge in [0.2, 0.25) is 0 Å². The Hall–Kier alpha value is -1.59. The molecule has 0 spiro atoms. The predicted molar refractivity (Wildman–Crippen MR) is 109 cm³/mol. The topological polar surface area (TPSA) is 37.8 Å². The van der Waals surface area contributed by atoms with Gasteiger partial charge in [0.15, 0.2) is 5.16 Å². The largest absolute Gasteiger partial charge is 0.369 e. The van der Waals surface area contributed by atoms with Crippen molar-refractivity contribution >= 4 is 39.1 Å². The molecule has 25 heavy (non-hydrogen) atoms. The van der Waals surface area contributed by atoms with E-state index in [4.69, 9.17) is 9.97 Å². The van der Waals surface area contributed by atoms with E-state index in [0.29, 0.717) is 0 Å². The van der Waals surface area contributed by atoms with Crippen LogP contribution in [0.15, 0.2) is 35.5 Å². The molecule has 1 aromatic carbocycles. The van der Waals surface area contributed by atoms with Gasteiger partial charge in [-0.25, -0.2) is 9.97 Å². The Labute approximate surface area is 157 Å². The normalized spacial score (nSPS) is 13.8. The van der Waals surface area contributed by atoms with Crippen LogP contribution in [0.1, 0.15) is 35.3 Å². The van der Waals surface area contributed by atoms with Gasteiger partial charge in [-0.3, -0.25) is 0 Å². The fourth-order valence-corrected chi connectivity index (χ4v) is 5.19. The van der Waals surface area contributed by atoms with Crippen LogP contribution < -0.4 is 5.32 Å². The molecule has 0 saturated heterocycles. The Morgan fingerprint density at radius 3 is 2.80 bits per heavy atom. The second kappa shape index (κ2) is 7.75. The first-order valence-electron chi connectivity index (χ1n) is 8.99. The fraction of sp³-hybridized carbons (Fsp3) is 0.400. The van der Waals surface area contributed by atoms with E-state index in [9.17, 15) is 0 Å². The SMILES string of the molecule is CSc1nc(NCCCc2ccccc2)c2c3c(sc2n1)CCCC3. The molecule has 0 fully saturated rings. The summed E-state index contributed by atoms with van der Waals surface area (Å²) in [5, 5.41) is 5.77. The van der Waals surface area contributed by atoms with Crippen LogP contribution in [0.25, 0.3) is 10.2 Å². The molecule has 2 aromatic heterocycles.